The van der Waals surface area contributed by atoms with Crippen molar-refractivity contribution >= 4 is 5.97 Å². The van der Waals surface area contributed by atoms with Gasteiger partial charge in [0.05, 0.1) is 5.57 Å². The average Bonchev–Trinajstić information content (AvgIpc) is 2.81. The molecule has 0 aromatic carbocycles. The van der Waals surface area contributed by atoms with E-state index >= 15 is 0 Å². The van der Waals surface area contributed by atoms with Crippen LogP contribution in [-0.2, 0) is 9.53 Å². The van der Waals surface area contributed by atoms with Gasteiger partial charge in [-0.1, -0.05) is 70.3 Å². The fourth-order valence-corrected chi connectivity index (χ4v) is 2.83. The summed E-state index contributed by atoms with van der Waals surface area (Å²) >= 11 is 0. The summed E-state index contributed by atoms with van der Waals surface area (Å²) in [6, 6.07) is 0. The molecule has 1 rings (SSSR count). The summed E-state index contributed by atoms with van der Waals surface area (Å²) < 4.78 is 4.79. The monoisotopic (exact) mass is 334 g/mol. The molecule has 0 aromatic heterocycles. The molecule has 0 bridgehead atoms. The van der Waals surface area contributed by atoms with Crippen molar-refractivity contribution in [2.45, 2.75) is 90.1 Å². The molecule has 3 nitrogen and oxygen atoms in total. The normalized spacial score (nSPS) is 19.6. The first kappa shape index (κ1) is 20.7. The Morgan fingerprint density at radius 1 is 0.958 bits per heavy atom. The van der Waals surface area contributed by atoms with Crippen LogP contribution in [0.5, 0.6) is 0 Å². The van der Waals surface area contributed by atoms with Crippen LogP contribution in [0.3, 0.4) is 0 Å². The minimum atomic E-state index is -0.942. The first-order valence-electron chi connectivity index (χ1n) is 9.61. The molecule has 0 unspecified atom stereocenters. The van der Waals surface area contributed by atoms with Crippen LogP contribution >= 0.6 is 0 Å². The molecule has 1 atom stereocenters. The van der Waals surface area contributed by atoms with E-state index in [0.29, 0.717) is 5.57 Å². The molecule has 0 spiro atoms. The fraction of sp³-hybridized carbons (Fsp3) is 0.667. The number of aliphatic hydroxyl groups is 1. The predicted molar refractivity (Wildman–Crippen MR) is 99.5 cm³/mol. The molecule has 0 amide bonds. The number of carbonyl (C=O) groups excluding carboxylic acids is 1. The van der Waals surface area contributed by atoms with Crippen molar-refractivity contribution < 1.29 is 14.6 Å². The zero-order chi connectivity index (χ0) is 17.6. The summed E-state index contributed by atoms with van der Waals surface area (Å²) in [7, 11) is 0. The maximum absolute atomic E-state index is 11.4. The first-order valence-corrected chi connectivity index (χ1v) is 9.61. The average molecular weight is 335 g/mol. The van der Waals surface area contributed by atoms with E-state index in [0.717, 1.165) is 25.7 Å². The highest BCUT2D eigenvalue weighted by molar-refractivity contribution is 5.93. The Morgan fingerprint density at radius 2 is 1.50 bits per heavy atom. The number of aliphatic hydroxyl groups excluding tert-OH is 1. The number of hydrogen-bond donors (Lipinski definition) is 1. The zero-order valence-corrected chi connectivity index (χ0v) is 15.3. The van der Waals surface area contributed by atoms with Gasteiger partial charge in [-0.2, -0.15) is 0 Å². The van der Waals surface area contributed by atoms with Crippen LogP contribution in [0.25, 0.3) is 0 Å². The highest BCUT2D eigenvalue weighted by Gasteiger charge is 2.32. The molecule has 1 saturated heterocycles. The summed E-state index contributed by atoms with van der Waals surface area (Å²) in [5.41, 5.74) is 0.346. The molecular formula is C21H34O3. The van der Waals surface area contributed by atoms with Crippen molar-refractivity contribution in [1.29, 1.82) is 0 Å². The van der Waals surface area contributed by atoms with Crippen molar-refractivity contribution in [3.05, 3.63) is 36.1 Å². The summed E-state index contributed by atoms with van der Waals surface area (Å²) in [4.78, 5) is 11.4. The van der Waals surface area contributed by atoms with Crippen LogP contribution in [0.15, 0.2) is 36.1 Å². The second-order valence-corrected chi connectivity index (χ2v) is 6.58. The first-order chi connectivity index (χ1) is 11.7. The van der Waals surface area contributed by atoms with E-state index in [2.05, 4.69) is 25.7 Å². The van der Waals surface area contributed by atoms with E-state index in [1.807, 2.05) is 0 Å². The minimum Gasteiger partial charge on any atom is -0.425 e. The van der Waals surface area contributed by atoms with E-state index in [1.54, 1.807) is 6.08 Å². The number of carbonyl (C=O) groups is 1. The number of esters is 1. The molecule has 1 aliphatic heterocycles. The lowest BCUT2D eigenvalue weighted by Crippen LogP contribution is -2.07. The van der Waals surface area contributed by atoms with Gasteiger partial charge in [-0.15, -0.1) is 0 Å². The van der Waals surface area contributed by atoms with Crippen molar-refractivity contribution in [1.82, 2.24) is 0 Å². The topological polar surface area (TPSA) is 46.5 Å². The van der Waals surface area contributed by atoms with Crippen molar-refractivity contribution in [3.8, 4) is 0 Å². The summed E-state index contributed by atoms with van der Waals surface area (Å²) in [6.45, 7) is 5.76. The van der Waals surface area contributed by atoms with Gasteiger partial charge in [0.1, 0.15) is 11.9 Å². The maximum Gasteiger partial charge on any atom is 0.341 e. The number of hydrogen-bond acceptors (Lipinski definition) is 3. The Morgan fingerprint density at radius 3 is 2.08 bits per heavy atom. The van der Waals surface area contributed by atoms with Gasteiger partial charge >= 0.3 is 5.97 Å². The number of allylic oxidation sites excluding steroid dienone is 3. The van der Waals surface area contributed by atoms with Crippen LogP contribution in [0.1, 0.15) is 84.0 Å². The molecular weight excluding hydrogens is 300 g/mol. The van der Waals surface area contributed by atoms with Gasteiger partial charge in [-0.3, -0.25) is 0 Å². The van der Waals surface area contributed by atoms with Gasteiger partial charge < -0.3 is 9.84 Å². The highest BCUT2D eigenvalue weighted by atomic mass is 16.6. The largest absolute Gasteiger partial charge is 0.425 e. The van der Waals surface area contributed by atoms with Crippen LogP contribution < -0.4 is 0 Å². The van der Waals surface area contributed by atoms with E-state index in [9.17, 15) is 9.90 Å². The van der Waals surface area contributed by atoms with Gasteiger partial charge in [0.15, 0.2) is 0 Å². The molecule has 3 heteroatoms. The Kier molecular flexibility index (Phi) is 11.2. The molecule has 136 valence electrons. The molecule has 1 heterocycles. The minimum absolute atomic E-state index is 0.141. The van der Waals surface area contributed by atoms with E-state index in [4.69, 9.17) is 4.74 Å². The lowest BCUT2D eigenvalue weighted by molar-refractivity contribution is -0.132. The number of unbranched alkanes of at least 4 members (excludes halogenated alkanes) is 10. The number of rotatable bonds is 13. The quantitative estimate of drug-likeness (QED) is 0.206. The Bertz CT molecular complexity index is 434. The molecule has 0 radical (unpaired) electrons. The van der Waals surface area contributed by atoms with Crippen molar-refractivity contribution in [2.75, 3.05) is 0 Å². The van der Waals surface area contributed by atoms with E-state index in [1.165, 1.54) is 51.4 Å². The molecule has 0 aliphatic carbocycles. The lowest BCUT2D eigenvalue weighted by atomic mass is 10.1. The van der Waals surface area contributed by atoms with Crippen LogP contribution in [-0.4, -0.2) is 17.2 Å². The number of cyclic esters (lactones) is 1. The van der Waals surface area contributed by atoms with Gasteiger partial charge in [-0.25, -0.2) is 4.79 Å². The summed E-state index contributed by atoms with van der Waals surface area (Å²) in [5.74, 6) is -0.313. The molecule has 0 saturated carbocycles. The molecule has 1 N–H and O–H groups in total. The fourth-order valence-electron chi connectivity index (χ4n) is 2.83. The second-order valence-electron chi connectivity index (χ2n) is 6.58. The van der Waals surface area contributed by atoms with Crippen molar-refractivity contribution in [3.63, 3.8) is 0 Å². The van der Waals surface area contributed by atoms with E-state index in [-0.39, 0.29) is 5.76 Å². The van der Waals surface area contributed by atoms with Gasteiger partial charge in [-0.05, 0) is 38.5 Å². The van der Waals surface area contributed by atoms with Crippen molar-refractivity contribution in [2.24, 2.45) is 0 Å². The van der Waals surface area contributed by atoms with Crippen LogP contribution in [0.4, 0.5) is 0 Å². The lowest BCUT2D eigenvalue weighted by Gasteiger charge is -2.00. The zero-order valence-electron chi connectivity index (χ0n) is 15.3. The molecule has 0 aromatic rings. The molecule has 1 aliphatic rings. The van der Waals surface area contributed by atoms with Crippen LogP contribution in [0.2, 0.25) is 0 Å². The van der Waals surface area contributed by atoms with Gasteiger partial charge in [0.25, 0.3) is 0 Å². The third-order valence-corrected chi connectivity index (χ3v) is 4.39. The second kappa shape index (κ2) is 13.0. The summed E-state index contributed by atoms with van der Waals surface area (Å²) in [5, 5.41) is 9.71. The SMILES string of the molecule is C=C1OC(=O)/C(=C\CCCCC/C=C/CCCCCCCC)[C@H]1O. The highest BCUT2D eigenvalue weighted by Crippen LogP contribution is 2.23. The predicted octanol–water partition coefficient (Wildman–Crippen LogP) is 5.60. The molecule has 24 heavy (non-hydrogen) atoms. The van der Waals surface area contributed by atoms with Crippen LogP contribution in [0, 0.1) is 0 Å². The smallest absolute Gasteiger partial charge is 0.341 e. The van der Waals surface area contributed by atoms with E-state index < -0.39 is 12.1 Å². The molecule has 1 fully saturated rings. The third kappa shape index (κ3) is 8.49. The Hall–Kier alpha value is -1.35. The van der Waals surface area contributed by atoms with Gasteiger partial charge in [0, 0.05) is 0 Å². The maximum atomic E-state index is 11.4. The summed E-state index contributed by atoms with van der Waals surface area (Å²) in [6.07, 6.45) is 20.1. The third-order valence-electron chi connectivity index (χ3n) is 4.39. The standard InChI is InChI=1S/C21H34O3/c1-3-4-5-6-7-8-9-10-11-12-13-14-15-16-17-19-20(22)18(2)24-21(19)23/h10-11,17,20,22H,2-9,12-16H2,1H3/b11-10+,19-17-/t20-/m0/s1. The number of ether oxygens (including phenoxy) is 1. The van der Waals surface area contributed by atoms with Gasteiger partial charge in [0.2, 0.25) is 0 Å². The Balaban J connectivity index is 1.94. The Labute approximate surface area is 147 Å².